The van der Waals surface area contributed by atoms with Gasteiger partial charge in [-0.3, -0.25) is 0 Å². The maximum Gasteiger partial charge on any atom is 0.0818 e. The third-order valence-corrected chi connectivity index (χ3v) is 5.14. The summed E-state index contributed by atoms with van der Waals surface area (Å²) in [5, 5.41) is 0. The SMILES string of the molecule is [B]C1CCC2CCN(C(C)C)C(=S)C2C(C)C1. The highest BCUT2D eigenvalue weighted by molar-refractivity contribution is 7.80. The second kappa shape index (κ2) is 5.30. The van der Waals surface area contributed by atoms with Crippen LogP contribution in [0, 0.1) is 17.8 Å². The molecule has 17 heavy (non-hydrogen) atoms. The van der Waals surface area contributed by atoms with Crippen molar-refractivity contribution >= 4 is 25.1 Å². The highest BCUT2D eigenvalue weighted by Gasteiger charge is 2.39. The van der Waals surface area contributed by atoms with Gasteiger partial charge in [-0.15, -0.1) is 0 Å². The molecule has 2 rings (SSSR count). The van der Waals surface area contributed by atoms with Crippen LogP contribution in [-0.2, 0) is 0 Å². The average Bonchev–Trinajstić information content (AvgIpc) is 2.38. The molecule has 1 heterocycles. The minimum atomic E-state index is 0.394. The number of nitrogens with zero attached hydrogens (tertiary/aromatic N) is 1. The Labute approximate surface area is 113 Å². The van der Waals surface area contributed by atoms with Crippen molar-refractivity contribution in [3.05, 3.63) is 0 Å². The molecule has 94 valence electrons. The summed E-state index contributed by atoms with van der Waals surface area (Å²) in [6.45, 7) is 8.00. The Morgan fingerprint density at radius 1 is 1.29 bits per heavy atom. The van der Waals surface area contributed by atoms with Crippen molar-refractivity contribution in [1.82, 2.24) is 4.90 Å². The van der Waals surface area contributed by atoms with Crippen LogP contribution in [0.5, 0.6) is 0 Å². The van der Waals surface area contributed by atoms with Crippen LogP contribution in [-0.4, -0.2) is 30.3 Å². The summed E-state index contributed by atoms with van der Waals surface area (Å²) in [7, 11) is 6.16. The number of hydrogen-bond donors (Lipinski definition) is 0. The van der Waals surface area contributed by atoms with Crippen molar-refractivity contribution in [2.24, 2.45) is 17.8 Å². The summed E-state index contributed by atoms with van der Waals surface area (Å²) < 4.78 is 0. The number of rotatable bonds is 1. The van der Waals surface area contributed by atoms with Gasteiger partial charge in [-0.25, -0.2) is 0 Å². The van der Waals surface area contributed by atoms with Gasteiger partial charge in [-0.05, 0) is 32.1 Å². The first-order valence-electron chi connectivity index (χ1n) is 7.06. The van der Waals surface area contributed by atoms with E-state index in [4.69, 9.17) is 20.1 Å². The molecule has 0 aromatic heterocycles. The molecule has 0 aromatic rings. The molecule has 1 nitrogen and oxygen atoms in total. The van der Waals surface area contributed by atoms with Gasteiger partial charge in [0.15, 0.2) is 0 Å². The largest absolute Gasteiger partial charge is 0.363 e. The fourth-order valence-corrected chi connectivity index (χ4v) is 4.43. The first-order chi connectivity index (χ1) is 8.00. The maximum atomic E-state index is 6.16. The second-order valence-corrected chi connectivity index (χ2v) is 6.67. The normalized spacial score (nSPS) is 39.1. The molecule has 3 heteroatoms. The van der Waals surface area contributed by atoms with Gasteiger partial charge in [0.1, 0.15) is 0 Å². The molecule has 1 aliphatic heterocycles. The molecule has 2 fully saturated rings. The summed E-state index contributed by atoms with van der Waals surface area (Å²) in [6, 6.07) is 0.549. The molecular formula is C14H24BNS. The molecule has 0 bridgehead atoms. The molecule has 0 spiro atoms. The molecular weight excluding hydrogens is 225 g/mol. The molecule has 1 saturated carbocycles. The topological polar surface area (TPSA) is 3.24 Å². The van der Waals surface area contributed by atoms with E-state index in [2.05, 4.69) is 25.7 Å². The average molecular weight is 249 g/mol. The van der Waals surface area contributed by atoms with E-state index in [-0.39, 0.29) is 0 Å². The Morgan fingerprint density at radius 2 is 2.00 bits per heavy atom. The van der Waals surface area contributed by atoms with Gasteiger partial charge in [0, 0.05) is 18.5 Å². The smallest absolute Gasteiger partial charge is 0.0818 e. The fourth-order valence-electron chi connectivity index (χ4n) is 3.70. The maximum absolute atomic E-state index is 6.16. The summed E-state index contributed by atoms with van der Waals surface area (Å²) in [4.78, 5) is 3.65. The van der Waals surface area contributed by atoms with E-state index in [1.54, 1.807) is 0 Å². The van der Waals surface area contributed by atoms with E-state index in [0.717, 1.165) is 18.9 Å². The van der Waals surface area contributed by atoms with Crippen LogP contribution in [0.2, 0.25) is 5.82 Å². The van der Waals surface area contributed by atoms with E-state index in [0.29, 0.717) is 23.7 Å². The highest BCUT2D eigenvalue weighted by Crippen LogP contribution is 2.42. The van der Waals surface area contributed by atoms with Crippen molar-refractivity contribution < 1.29 is 0 Å². The molecule has 0 amide bonds. The van der Waals surface area contributed by atoms with Crippen LogP contribution in [0.3, 0.4) is 0 Å². The van der Waals surface area contributed by atoms with E-state index >= 15 is 0 Å². The molecule has 0 aromatic carbocycles. The van der Waals surface area contributed by atoms with Crippen LogP contribution in [0.1, 0.15) is 46.5 Å². The van der Waals surface area contributed by atoms with Gasteiger partial charge in [0.05, 0.1) is 12.8 Å². The fraction of sp³-hybridized carbons (Fsp3) is 0.929. The Bertz CT molecular complexity index is 292. The first-order valence-corrected chi connectivity index (χ1v) is 7.47. The van der Waals surface area contributed by atoms with Gasteiger partial charge >= 0.3 is 0 Å². The van der Waals surface area contributed by atoms with Crippen LogP contribution in [0.4, 0.5) is 0 Å². The monoisotopic (exact) mass is 249 g/mol. The first kappa shape index (κ1) is 13.4. The molecule has 1 saturated heterocycles. The molecule has 4 unspecified atom stereocenters. The minimum Gasteiger partial charge on any atom is -0.363 e. The lowest BCUT2D eigenvalue weighted by Crippen LogP contribution is -2.49. The number of likely N-dealkylation sites (tertiary alicyclic amines) is 1. The molecule has 0 N–H and O–H groups in total. The number of thiocarbonyl (C=S) groups is 1. The lowest BCUT2D eigenvalue weighted by molar-refractivity contribution is 0.197. The summed E-state index contributed by atoms with van der Waals surface area (Å²) in [6.07, 6.45) is 4.92. The Morgan fingerprint density at radius 3 is 2.65 bits per heavy atom. The Kier molecular flexibility index (Phi) is 4.17. The zero-order chi connectivity index (χ0) is 12.6. The highest BCUT2D eigenvalue weighted by atomic mass is 32.1. The summed E-state index contributed by atoms with van der Waals surface area (Å²) >= 11 is 5.76. The lowest BCUT2D eigenvalue weighted by atomic mass is 9.75. The number of fused-ring (bicyclic) bond motifs is 1. The van der Waals surface area contributed by atoms with Crippen molar-refractivity contribution in [3.63, 3.8) is 0 Å². The third kappa shape index (κ3) is 2.69. The van der Waals surface area contributed by atoms with Crippen LogP contribution in [0.15, 0.2) is 0 Å². The minimum absolute atomic E-state index is 0.394. The van der Waals surface area contributed by atoms with Crippen LogP contribution in [0.25, 0.3) is 0 Å². The predicted octanol–water partition coefficient (Wildman–Crippen LogP) is 3.44. The summed E-state index contributed by atoms with van der Waals surface area (Å²) in [5.41, 5.74) is 0. The van der Waals surface area contributed by atoms with E-state index in [1.807, 2.05) is 0 Å². The van der Waals surface area contributed by atoms with Crippen molar-refractivity contribution in [3.8, 4) is 0 Å². The van der Waals surface area contributed by atoms with Crippen molar-refractivity contribution in [2.45, 2.75) is 58.3 Å². The number of piperidine rings is 1. The van der Waals surface area contributed by atoms with Gasteiger partial charge in [-0.1, -0.05) is 44.2 Å². The van der Waals surface area contributed by atoms with Gasteiger partial charge in [0.25, 0.3) is 0 Å². The van der Waals surface area contributed by atoms with Crippen molar-refractivity contribution in [1.29, 1.82) is 0 Å². The quantitative estimate of drug-likeness (QED) is 0.517. The van der Waals surface area contributed by atoms with E-state index in [1.165, 1.54) is 24.3 Å². The Balaban J connectivity index is 2.17. The zero-order valence-electron chi connectivity index (χ0n) is 11.4. The second-order valence-electron chi connectivity index (χ2n) is 6.25. The third-order valence-electron chi connectivity index (χ3n) is 4.64. The zero-order valence-corrected chi connectivity index (χ0v) is 12.2. The molecule has 1 aliphatic carbocycles. The predicted molar refractivity (Wildman–Crippen MR) is 78.6 cm³/mol. The van der Waals surface area contributed by atoms with Gasteiger partial charge in [-0.2, -0.15) is 0 Å². The van der Waals surface area contributed by atoms with E-state index < -0.39 is 0 Å². The molecule has 2 radical (unpaired) electrons. The Hall–Kier alpha value is -0.0451. The van der Waals surface area contributed by atoms with Crippen LogP contribution >= 0.6 is 12.2 Å². The van der Waals surface area contributed by atoms with Crippen molar-refractivity contribution in [2.75, 3.05) is 6.54 Å². The lowest BCUT2D eigenvalue weighted by Gasteiger charge is -2.44. The van der Waals surface area contributed by atoms with Crippen LogP contribution < -0.4 is 0 Å². The number of hydrogen-bond acceptors (Lipinski definition) is 1. The summed E-state index contributed by atoms with van der Waals surface area (Å²) in [5.74, 6) is 2.45. The van der Waals surface area contributed by atoms with Gasteiger partial charge in [0.2, 0.25) is 0 Å². The van der Waals surface area contributed by atoms with E-state index in [9.17, 15) is 0 Å². The molecule has 2 aliphatic rings. The molecule has 4 atom stereocenters. The standard InChI is InChI=1S/C14H24BNS/c1-9(2)16-7-6-11-4-5-12(15)8-10(3)13(11)14(16)17/h9-13H,4-8H2,1-3H3. The van der Waals surface area contributed by atoms with Gasteiger partial charge < -0.3 is 4.90 Å².